The predicted molar refractivity (Wildman–Crippen MR) is 226 cm³/mol. The van der Waals surface area contributed by atoms with Crippen molar-refractivity contribution < 1.29 is 37.7 Å². The number of halogens is 3. The topological polar surface area (TPSA) is 38.9 Å². The van der Waals surface area contributed by atoms with E-state index in [4.69, 9.17) is 4.42 Å². The molecule has 8 heteroatoms. The van der Waals surface area contributed by atoms with Crippen LogP contribution in [0.4, 0.5) is 13.2 Å². The minimum atomic E-state index is -1.47. The molecule has 3 nitrogen and oxygen atoms in total. The SMILES string of the molecule is CCC(CC)c1ccnc(-c2[c-]cc3oc4cc(-c5cccc(-c6cc(F)c(F)c(F)c6)c5)ccc4c3c2)c1.Cc1cc(-c2[c-]cccc2)ncc1[Si](C)(C)C.[Ir]. The summed E-state index contributed by atoms with van der Waals surface area (Å²) >= 11 is 0. The van der Waals surface area contributed by atoms with Crippen LogP contribution in [0.25, 0.3) is 66.7 Å². The van der Waals surface area contributed by atoms with Crippen molar-refractivity contribution in [1.29, 1.82) is 0 Å². The standard InChI is InChI=1S/C34H25F3NO.C15H18NSi.Ir/c1-3-20(4-2)24-12-13-38-31(18-24)25-9-11-32-28(15-25)27-10-8-23(19-33(27)39-32)21-6-5-7-22(14-21)26-16-29(35)34(37)30(36)17-26;1-12-10-14(13-8-6-5-7-9-13)16-11-15(12)17(2,3)4;/h5-8,10-20H,3-4H2,1-2H3;5-8,10-11H,1-4H3;/q2*-1;. The summed E-state index contributed by atoms with van der Waals surface area (Å²) < 4.78 is 47.2. The number of benzene rings is 5. The first kappa shape index (κ1) is 41.5. The maximum Gasteiger partial charge on any atom is 0.194 e. The van der Waals surface area contributed by atoms with Gasteiger partial charge in [0.2, 0.25) is 0 Å². The molecule has 5 aromatic carbocycles. The second kappa shape index (κ2) is 17.6. The van der Waals surface area contributed by atoms with E-state index in [2.05, 4.69) is 99.0 Å². The fourth-order valence-corrected chi connectivity index (χ4v) is 9.01. The summed E-state index contributed by atoms with van der Waals surface area (Å²) in [6, 6.07) is 40.1. The van der Waals surface area contributed by atoms with Crippen LogP contribution in [-0.4, -0.2) is 18.0 Å². The van der Waals surface area contributed by atoms with Crippen LogP contribution in [0.5, 0.6) is 0 Å². The summed E-state index contributed by atoms with van der Waals surface area (Å²) in [7, 11) is -1.27. The number of fused-ring (bicyclic) bond motifs is 3. The van der Waals surface area contributed by atoms with Gasteiger partial charge in [-0.05, 0) is 94.8 Å². The molecule has 291 valence electrons. The quantitative estimate of drug-likeness (QED) is 0.0865. The second-order valence-corrected chi connectivity index (χ2v) is 20.2. The molecule has 0 amide bonds. The summed E-state index contributed by atoms with van der Waals surface area (Å²) in [4.78, 5) is 9.18. The van der Waals surface area contributed by atoms with E-state index in [-0.39, 0.29) is 25.7 Å². The number of aromatic nitrogens is 2. The normalized spacial score (nSPS) is 11.4. The fourth-order valence-electron chi connectivity index (χ4n) is 7.30. The first-order valence-electron chi connectivity index (χ1n) is 19.0. The zero-order valence-electron chi connectivity index (χ0n) is 32.8. The van der Waals surface area contributed by atoms with Crippen LogP contribution in [0.15, 0.2) is 126 Å². The second-order valence-electron chi connectivity index (χ2n) is 15.2. The summed E-state index contributed by atoms with van der Waals surface area (Å²) in [6.07, 6.45) is 6.08. The molecule has 0 spiro atoms. The maximum atomic E-state index is 13.8. The van der Waals surface area contributed by atoms with E-state index >= 15 is 0 Å². The summed E-state index contributed by atoms with van der Waals surface area (Å²) in [5.74, 6) is -3.40. The van der Waals surface area contributed by atoms with Gasteiger partial charge in [-0.3, -0.25) is 0 Å². The minimum absolute atomic E-state index is 0. The van der Waals surface area contributed by atoms with Gasteiger partial charge in [0.1, 0.15) is 5.58 Å². The Balaban J connectivity index is 0.000000256. The Morgan fingerprint density at radius 3 is 2.04 bits per heavy atom. The summed E-state index contributed by atoms with van der Waals surface area (Å²) in [5, 5.41) is 3.39. The molecule has 0 saturated heterocycles. The monoisotopic (exact) mass is 953 g/mol. The van der Waals surface area contributed by atoms with Crippen molar-refractivity contribution in [3.8, 4) is 44.8 Å². The molecule has 8 rings (SSSR count). The van der Waals surface area contributed by atoms with E-state index in [1.54, 1.807) is 12.1 Å². The molecule has 0 atom stereocenters. The van der Waals surface area contributed by atoms with Crippen LogP contribution >= 0.6 is 0 Å². The van der Waals surface area contributed by atoms with Crippen LogP contribution in [0.2, 0.25) is 19.6 Å². The van der Waals surface area contributed by atoms with Gasteiger partial charge < -0.3 is 14.4 Å². The summed E-state index contributed by atoms with van der Waals surface area (Å²) in [5.41, 5.74) is 10.5. The molecule has 3 aromatic heterocycles. The van der Waals surface area contributed by atoms with E-state index in [9.17, 15) is 13.2 Å². The van der Waals surface area contributed by atoms with Crippen LogP contribution in [0, 0.1) is 36.5 Å². The molecular formula is C49H43F3IrN2OSi-2. The van der Waals surface area contributed by atoms with Crippen molar-refractivity contribution in [2.75, 3.05) is 0 Å². The molecular weight excluding hydrogens is 910 g/mol. The molecule has 3 heterocycles. The molecule has 1 radical (unpaired) electrons. The van der Waals surface area contributed by atoms with Crippen molar-refractivity contribution >= 4 is 35.2 Å². The molecule has 0 fully saturated rings. The van der Waals surface area contributed by atoms with Crippen molar-refractivity contribution in [3.63, 3.8) is 0 Å². The third-order valence-corrected chi connectivity index (χ3v) is 12.5. The van der Waals surface area contributed by atoms with Crippen molar-refractivity contribution in [2.24, 2.45) is 0 Å². The number of rotatable bonds is 8. The average Bonchev–Trinajstić information content (AvgIpc) is 3.58. The fraction of sp³-hybridized carbons (Fsp3) is 0.184. The number of nitrogens with zero attached hydrogens (tertiary/aromatic N) is 2. The zero-order valence-corrected chi connectivity index (χ0v) is 36.2. The number of hydrogen-bond acceptors (Lipinski definition) is 3. The van der Waals surface area contributed by atoms with E-state index in [1.807, 2.05) is 60.8 Å². The van der Waals surface area contributed by atoms with Gasteiger partial charge in [-0.15, -0.1) is 59.7 Å². The molecule has 0 bridgehead atoms. The number of aryl methyl sites for hydroxylation is 1. The third-order valence-electron chi connectivity index (χ3n) is 10.3. The number of furan rings is 1. The van der Waals surface area contributed by atoms with Gasteiger partial charge in [-0.1, -0.05) is 92.5 Å². The third kappa shape index (κ3) is 9.04. The summed E-state index contributed by atoms with van der Waals surface area (Å²) in [6.45, 7) is 13.7. The molecule has 0 aliphatic heterocycles. The first-order valence-corrected chi connectivity index (χ1v) is 22.5. The number of hydrogen-bond donors (Lipinski definition) is 0. The van der Waals surface area contributed by atoms with E-state index in [0.717, 1.165) is 80.6 Å². The Morgan fingerprint density at radius 1 is 0.667 bits per heavy atom. The van der Waals surface area contributed by atoms with Gasteiger partial charge in [0, 0.05) is 37.9 Å². The number of pyridine rings is 2. The Kier molecular flexibility index (Phi) is 12.8. The molecule has 0 unspecified atom stereocenters. The molecule has 0 saturated carbocycles. The molecule has 0 aliphatic carbocycles. The predicted octanol–water partition coefficient (Wildman–Crippen LogP) is 13.5. The Morgan fingerprint density at radius 2 is 1.37 bits per heavy atom. The van der Waals surface area contributed by atoms with Crippen LogP contribution in [0.3, 0.4) is 0 Å². The van der Waals surface area contributed by atoms with Gasteiger partial charge in [0.15, 0.2) is 17.5 Å². The van der Waals surface area contributed by atoms with Gasteiger partial charge in [-0.25, -0.2) is 13.2 Å². The van der Waals surface area contributed by atoms with Gasteiger partial charge in [-0.2, -0.15) is 0 Å². The van der Waals surface area contributed by atoms with E-state index < -0.39 is 25.5 Å². The minimum Gasteiger partial charge on any atom is -0.500 e. The zero-order chi connectivity index (χ0) is 39.6. The largest absolute Gasteiger partial charge is 0.500 e. The molecule has 0 aliphatic rings. The first-order chi connectivity index (χ1) is 26.9. The van der Waals surface area contributed by atoms with Gasteiger partial charge in [0.25, 0.3) is 0 Å². The van der Waals surface area contributed by atoms with Crippen LogP contribution in [-0.2, 0) is 20.1 Å². The molecule has 57 heavy (non-hydrogen) atoms. The van der Waals surface area contributed by atoms with E-state index in [0.29, 0.717) is 11.5 Å². The Labute approximate surface area is 347 Å². The maximum absolute atomic E-state index is 13.8. The van der Waals surface area contributed by atoms with Gasteiger partial charge in [0.05, 0.1) is 13.7 Å². The van der Waals surface area contributed by atoms with Crippen molar-refractivity contribution in [2.45, 2.75) is 59.2 Å². The Hall–Kier alpha value is -5.14. The van der Waals surface area contributed by atoms with Crippen LogP contribution < -0.4 is 5.19 Å². The van der Waals surface area contributed by atoms with Crippen molar-refractivity contribution in [3.05, 3.63) is 162 Å². The molecule has 8 aromatic rings. The van der Waals surface area contributed by atoms with E-state index in [1.165, 1.54) is 16.3 Å². The van der Waals surface area contributed by atoms with Crippen molar-refractivity contribution in [1.82, 2.24) is 9.97 Å². The molecule has 0 N–H and O–H groups in total. The smallest absolute Gasteiger partial charge is 0.194 e. The Bertz CT molecular complexity index is 2640. The van der Waals surface area contributed by atoms with Crippen LogP contribution in [0.1, 0.15) is 43.7 Å². The average molecular weight is 953 g/mol. The van der Waals surface area contributed by atoms with Gasteiger partial charge >= 0.3 is 0 Å².